The van der Waals surface area contributed by atoms with E-state index in [1.54, 1.807) is 0 Å². The van der Waals surface area contributed by atoms with Gasteiger partial charge in [0.1, 0.15) is 0 Å². The van der Waals surface area contributed by atoms with Crippen molar-refractivity contribution in [1.82, 2.24) is 10.2 Å². The second-order valence-electron chi connectivity index (χ2n) is 5.84. The highest BCUT2D eigenvalue weighted by Gasteiger charge is 2.34. The average Bonchev–Trinajstić information content (AvgIpc) is 2.95. The molecule has 2 rings (SSSR count). The van der Waals surface area contributed by atoms with Crippen molar-refractivity contribution in [2.75, 3.05) is 19.6 Å². The van der Waals surface area contributed by atoms with Gasteiger partial charge in [-0.05, 0) is 37.6 Å². The normalized spacial score (nSPS) is 30.0. The molecule has 2 heteroatoms. The molecular weight excluding hydrogens is 184 g/mol. The minimum absolute atomic E-state index is 0.770. The molecule has 15 heavy (non-hydrogen) atoms. The third-order valence-electron chi connectivity index (χ3n) is 4.15. The van der Waals surface area contributed by atoms with Crippen LogP contribution < -0.4 is 5.32 Å². The molecule has 0 aromatic carbocycles. The van der Waals surface area contributed by atoms with Gasteiger partial charge in [-0.25, -0.2) is 0 Å². The molecule has 2 aliphatic rings. The lowest BCUT2D eigenvalue weighted by Gasteiger charge is -2.20. The largest absolute Gasteiger partial charge is 0.312 e. The fourth-order valence-corrected chi connectivity index (χ4v) is 2.31. The molecule has 0 radical (unpaired) electrons. The third-order valence-corrected chi connectivity index (χ3v) is 4.15. The average molecular weight is 210 g/mol. The monoisotopic (exact) mass is 210 g/mol. The van der Waals surface area contributed by atoms with Crippen LogP contribution >= 0.6 is 0 Å². The molecule has 0 amide bonds. The Balaban J connectivity index is 1.63. The van der Waals surface area contributed by atoms with Crippen molar-refractivity contribution in [2.24, 2.45) is 11.8 Å². The summed E-state index contributed by atoms with van der Waals surface area (Å²) < 4.78 is 0. The first-order valence-corrected chi connectivity index (χ1v) is 6.64. The first kappa shape index (κ1) is 11.4. The van der Waals surface area contributed by atoms with E-state index in [0.717, 1.165) is 23.9 Å². The fourth-order valence-electron chi connectivity index (χ4n) is 2.31. The van der Waals surface area contributed by atoms with Gasteiger partial charge in [0.2, 0.25) is 0 Å². The van der Waals surface area contributed by atoms with E-state index in [-0.39, 0.29) is 0 Å². The number of hydrogen-bond acceptors (Lipinski definition) is 2. The Hall–Kier alpha value is -0.0800. The van der Waals surface area contributed by atoms with E-state index >= 15 is 0 Å². The van der Waals surface area contributed by atoms with E-state index < -0.39 is 0 Å². The third kappa shape index (κ3) is 3.18. The van der Waals surface area contributed by atoms with Crippen LogP contribution in [0.4, 0.5) is 0 Å². The molecule has 0 aromatic heterocycles. The summed E-state index contributed by atoms with van der Waals surface area (Å²) in [4.78, 5) is 2.68. The zero-order valence-corrected chi connectivity index (χ0v) is 10.5. The lowest BCUT2D eigenvalue weighted by atomic mass is 9.98. The van der Waals surface area contributed by atoms with Crippen molar-refractivity contribution < 1.29 is 0 Å². The van der Waals surface area contributed by atoms with Gasteiger partial charge in [-0.3, -0.25) is 4.90 Å². The minimum Gasteiger partial charge on any atom is -0.312 e. The molecule has 2 nitrogen and oxygen atoms in total. The van der Waals surface area contributed by atoms with Crippen LogP contribution in [0.3, 0.4) is 0 Å². The Labute approximate surface area is 94.4 Å². The minimum atomic E-state index is 0.770. The molecule has 2 unspecified atom stereocenters. The lowest BCUT2D eigenvalue weighted by Crippen LogP contribution is -2.36. The molecule has 1 saturated heterocycles. The van der Waals surface area contributed by atoms with Crippen LogP contribution in [0.1, 0.15) is 40.0 Å². The number of hydrogen-bond donors (Lipinski definition) is 1. The SMILES string of the molecule is CC(C)C(C)CNC1CCN(C2CC2)C1. The van der Waals surface area contributed by atoms with Gasteiger partial charge in [0.15, 0.2) is 0 Å². The van der Waals surface area contributed by atoms with E-state index in [1.165, 1.54) is 38.9 Å². The van der Waals surface area contributed by atoms with Gasteiger partial charge in [0.25, 0.3) is 0 Å². The molecule has 1 N–H and O–H groups in total. The summed E-state index contributed by atoms with van der Waals surface area (Å²) in [5.74, 6) is 1.61. The Morgan fingerprint density at radius 1 is 1.20 bits per heavy atom. The zero-order valence-electron chi connectivity index (χ0n) is 10.5. The van der Waals surface area contributed by atoms with Gasteiger partial charge < -0.3 is 5.32 Å². The van der Waals surface area contributed by atoms with Crippen LogP contribution in [0.15, 0.2) is 0 Å². The highest BCUT2D eigenvalue weighted by Crippen LogP contribution is 2.29. The summed E-state index contributed by atoms with van der Waals surface area (Å²) in [6.07, 6.45) is 4.27. The van der Waals surface area contributed by atoms with Crippen molar-refractivity contribution in [2.45, 2.75) is 52.1 Å². The van der Waals surface area contributed by atoms with Crippen molar-refractivity contribution in [1.29, 1.82) is 0 Å². The Bertz CT molecular complexity index is 199. The molecule has 1 aliphatic carbocycles. The first-order valence-electron chi connectivity index (χ1n) is 6.64. The van der Waals surface area contributed by atoms with E-state index in [0.29, 0.717) is 0 Å². The molecule has 1 saturated carbocycles. The molecule has 88 valence electrons. The highest BCUT2D eigenvalue weighted by atomic mass is 15.2. The standard InChI is InChI=1S/C13H26N2/c1-10(2)11(3)8-14-12-6-7-15(9-12)13-4-5-13/h10-14H,4-9H2,1-3H3. The topological polar surface area (TPSA) is 15.3 Å². The maximum absolute atomic E-state index is 3.73. The van der Waals surface area contributed by atoms with Crippen molar-refractivity contribution in [3.8, 4) is 0 Å². The van der Waals surface area contributed by atoms with Crippen LogP contribution in [0.5, 0.6) is 0 Å². The molecule has 2 fully saturated rings. The predicted octanol–water partition coefficient (Wildman–Crippen LogP) is 2.10. The summed E-state index contributed by atoms with van der Waals surface area (Å²) in [5, 5.41) is 3.73. The summed E-state index contributed by atoms with van der Waals surface area (Å²) >= 11 is 0. The lowest BCUT2D eigenvalue weighted by molar-refractivity contribution is 0.309. The maximum atomic E-state index is 3.73. The van der Waals surface area contributed by atoms with E-state index in [4.69, 9.17) is 0 Å². The molecule has 1 heterocycles. The summed E-state index contributed by atoms with van der Waals surface area (Å²) in [6, 6.07) is 1.73. The number of rotatable bonds is 5. The molecule has 0 aromatic rings. The second kappa shape index (κ2) is 4.84. The van der Waals surface area contributed by atoms with Gasteiger partial charge in [-0.15, -0.1) is 0 Å². The van der Waals surface area contributed by atoms with Crippen molar-refractivity contribution >= 4 is 0 Å². The van der Waals surface area contributed by atoms with Crippen LogP contribution in [0, 0.1) is 11.8 Å². The van der Waals surface area contributed by atoms with Gasteiger partial charge >= 0.3 is 0 Å². The number of nitrogens with one attached hydrogen (secondary N) is 1. The number of nitrogens with zero attached hydrogens (tertiary/aromatic N) is 1. The first-order chi connectivity index (χ1) is 7.16. The highest BCUT2D eigenvalue weighted by molar-refractivity contribution is 4.91. The second-order valence-corrected chi connectivity index (χ2v) is 5.84. The van der Waals surface area contributed by atoms with Crippen LogP contribution in [0.25, 0.3) is 0 Å². The maximum Gasteiger partial charge on any atom is 0.0207 e. The molecule has 0 bridgehead atoms. The smallest absolute Gasteiger partial charge is 0.0207 e. The van der Waals surface area contributed by atoms with Gasteiger partial charge in [-0.1, -0.05) is 20.8 Å². The van der Waals surface area contributed by atoms with Gasteiger partial charge in [0.05, 0.1) is 0 Å². The van der Waals surface area contributed by atoms with Gasteiger partial charge in [0, 0.05) is 25.2 Å². The van der Waals surface area contributed by atoms with Crippen molar-refractivity contribution in [3.63, 3.8) is 0 Å². The summed E-state index contributed by atoms with van der Waals surface area (Å²) in [6.45, 7) is 10.8. The molecular formula is C13H26N2. The van der Waals surface area contributed by atoms with Crippen LogP contribution in [-0.4, -0.2) is 36.6 Å². The Morgan fingerprint density at radius 3 is 2.53 bits per heavy atom. The van der Waals surface area contributed by atoms with Gasteiger partial charge in [-0.2, -0.15) is 0 Å². The summed E-state index contributed by atoms with van der Waals surface area (Å²) in [7, 11) is 0. The summed E-state index contributed by atoms with van der Waals surface area (Å²) in [5.41, 5.74) is 0. The van der Waals surface area contributed by atoms with E-state index in [2.05, 4.69) is 31.0 Å². The van der Waals surface area contributed by atoms with Crippen LogP contribution in [0.2, 0.25) is 0 Å². The predicted molar refractivity (Wildman–Crippen MR) is 65.0 cm³/mol. The zero-order chi connectivity index (χ0) is 10.8. The molecule has 1 aliphatic heterocycles. The van der Waals surface area contributed by atoms with Crippen LogP contribution in [-0.2, 0) is 0 Å². The van der Waals surface area contributed by atoms with Crippen molar-refractivity contribution in [3.05, 3.63) is 0 Å². The van der Waals surface area contributed by atoms with E-state index in [9.17, 15) is 0 Å². The quantitative estimate of drug-likeness (QED) is 0.747. The Morgan fingerprint density at radius 2 is 1.93 bits per heavy atom. The molecule has 2 atom stereocenters. The number of likely N-dealkylation sites (tertiary alicyclic amines) is 1. The van der Waals surface area contributed by atoms with E-state index in [1.807, 2.05) is 0 Å². The fraction of sp³-hybridized carbons (Fsp3) is 1.00. The molecule has 0 spiro atoms. The Kier molecular flexibility index (Phi) is 3.68.